The number of hydrogen-bond donors (Lipinski definition) is 3. The number of carboxylic acids is 1. The van der Waals surface area contributed by atoms with E-state index < -0.39 is 18.0 Å². The number of aliphatic hydroxyl groups excluding tert-OH is 1. The number of hydrogen-bond acceptors (Lipinski definition) is 7. The molecule has 4 rings (SSSR count). The molecule has 10 heteroatoms. The number of thioether (sulfide) groups is 1. The fraction of sp³-hybridized carbons (Fsp3) is 0.706. The number of carbonyl (C=O) groups is 3. The SMILES string of the molecule is C[C@@H](O)[C@H]1C(=O)N2C(C(=O)[O-])=C(S[C@@H]3CN[C@H](C4CNC(=O)C4)C3)C[C@H]12.[Na+]. The van der Waals surface area contributed by atoms with Crippen molar-refractivity contribution in [2.24, 2.45) is 11.8 Å². The molecule has 8 nitrogen and oxygen atoms in total. The van der Waals surface area contributed by atoms with Gasteiger partial charge in [-0.15, -0.1) is 11.8 Å². The van der Waals surface area contributed by atoms with E-state index in [1.165, 1.54) is 16.7 Å². The first kappa shape index (κ1) is 21.1. The average molecular weight is 403 g/mol. The zero-order chi connectivity index (χ0) is 18.6. The van der Waals surface area contributed by atoms with Crippen molar-refractivity contribution in [1.29, 1.82) is 0 Å². The van der Waals surface area contributed by atoms with Crippen LogP contribution in [0.15, 0.2) is 10.6 Å². The van der Waals surface area contributed by atoms with Gasteiger partial charge in [0.05, 0.1) is 29.7 Å². The summed E-state index contributed by atoms with van der Waals surface area (Å²) < 4.78 is 0. The van der Waals surface area contributed by atoms with E-state index in [0.29, 0.717) is 24.3 Å². The molecule has 0 bridgehead atoms. The molecule has 0 aromatic rings. The number of aliphatic hydroxyl groups is 1. The van der Waals surface area contributed by atoms with Crippen LogP contribution in [0.4, 0.5) is 0 Å². The molecule has 4 aliphatic rings. The van der Waals surface area contributed by atoms with Gasteiger partial charge in [-0.2, -0.15) is 0 Å². The molecule has 3 saturated heterocycles. The van der Waals surface area contributed by atoms with Crippen molar-refractivity contribution in [2.75, 3.05) is 13.1 Å². The maximum Gasteiger partial charge on any atom is 1.00 e. The monoisotopic (exact) mass is 403 g/mol. The molecule has 2 amide bonds. The number of amides is 2. The van der Waals surface area contributed by atoms with E-state index in [1.807, 2.05) is 0 Å². The zero-order valence-corrected chi connectivity index (χ0v) is 18.3. The molecule has 0 aromatic carbocycles. The van der Waals surface area contributed by atoms with E-state index in [2.05, 4.69) is 10.6 Å². The van der Waals surface area contributed by atoms with Crippen molar-refractivity contribution in [3.63, 3.8) is 0 Å². The molecule has 3 fully saturated rings. The average Bonchev–Trinajstić information content (AvgIpc) is 3.25. The summed E-state index contributed by atoms with van der Waals surface area (Å²) in [4.78, 5) is 37.2. The van der Waals surface area contributed by atoms with Crippen molar-refractivity contribution in [1.82, 2.24) is 15.5 Å². The standard InChI is InChI=1S/C17H23N3O5S.Na/c1-7(21)14-11-4-12(15(17(24)25)20(11)16(14)23)26-9-3-10(18-6-9)8-2-13(22)19-5-8;/h7-11,14,18,21H,2-6H2,1H3,(H,19,22)(H,24,25);/q;+1/p-1/t7-,8?,9+,10+,11-,14-;/m1./s1. The third-order valence-corrected chi connectivity index (χ3v) is 7.23. The molecule has 0 saturated carbocycles. The maximum absolute atomic E-state index is 12.2. The van der Waals surface area contributed by atoms with Crippen LogP contribution >= 0.6 is 11.8 Å². The fourth-order valence-corrected chi connectivity index (χ4v) is 6.07. The number of rotatable bonds is 5. The first-order valence-electron chi connectivity index (χ1n) is 8.99. The first-order chi connectivity index (χ1) is 12.4. The summed E-state index contributed by atoms with van der Waals surface area (Å²) in [5.74, 6) is -1.85. The minimum absolute atomic E-state index is 0. The van der Waals surface area contributed by atoms with Crippen molar-refractivity contribution in [2.45, 2.75) is 49.6 Å². The van der Waals surface area contributed by atoms with Gasteiger partial charge in [0.2, 0.25) is 11.8 Å². The van der Waals surface area contributed by atoms with Crippen LogP contribution in [0.3, 0.4) is 0 Å². The Morgan fingerprint density at radius 3 is 2.67 bits per heavy atom. The predicted octanol–water partition coefficient (Wildman–Crippen LogP) is -4.84. The molecule has 3 N–H and O–H groups in total. The molecule has 0 radical (unpaired) electrons. The fourth-order valence-electron chi connectivity index (χ4n) is 4.62. The van der Waals surface area contributed by atoms with Gasteiger partial charge in [-0.3, -0.25) is 9.59 Å². The largest absolute Gasteiger partial charge is 1.00 e. The van der Waals surface area contributed by atoms with Gasteiger partial charge < -0.3 is 30.5 Å². The molecule has 0 spiro atoms. The zero-order valence-electron chi connectivity index (χ0n) is 15.4. The summed E-state index contributed by atoms with van der Waals surface area (Å²) in [6, 6.07) is -0.0385. The number of aliphatic carboxylic acids is 1. The Morgan fingerprint density at radius 2 is 2.07 bits per heavy atom. The van der Waals surface area contributed by atoms with Crippen LogP contribution in [-0.4, -0.2) is 64.3 Å². The van der Waals surface area contributed by atoms with E-state index in [0.717, 1.165) is 13.0 Å². The second kappa shape index (κ2) is 8.04. The normalized spacial score (nSPS) is 36.2. The smallest absolute Gasteiger partial charge is 0.543 e. The van der Waals surface area contributed by atoms with Gasteiger partial charge in [-0.25, -0.2) is 0 Å². The van der Waals surface area contributed by atoms with Crippen molar-refractivity contribution in [3.05, 3.63) is 10.6 Å². The molecule has 6 atom stereocenters. The molecule has 0 aliphatic carbocycles. The van der Waals surface area contributed by atoms with E-state index in [9.17, 15) is 24.6 Å². The molecular weight excluding hydrogens is 381 g/mol. The summed E-state index contributed by atoms with van der Waals surface area (Å²) >= 11 is 1.49. The van der Waals surface area contributed by atoms with Gasteiger partial charge in [0.25, 0.3) is 0 Å². The van der Waals surface area contributed by atoms with Crippen LogP contribution in [0.1, 0.15) is 26.2 Å². The third kappa shape index (κ3) is 3.70. The Kier molecular flexibility index (Phi) is 6.29. The second-order valence-corrected chi connectivity index (χ2v) is 8.96. The van der Waals surface area contributed by atoms with E-state index >= 15 is 0 Å². The van der Waals surface area contributed by atoms with Crippen LogP contribution in [0.25, 0.3) is 0 Å². The van der Waals surface area contributed by atoms with E-state index in [-0.39, 0.29) is 70.3 Å². The molecule has 142 valence electrons. The Labute approximate surface area is 183 Å². The van der Waals surface area contributed by atoms with Crippen LogP contribution in [-0.2, 0) is 14.4 Å². The van der Waals surface area contributed by atoms with Gasteiger partial charge in [0.15, 0.2) is 0 Å². The van der Waals surface area contributed by atoms with Gasteiger partial charge in [0.1, 0.15) is 0 Å². The van der Waals surface area contributed by atoms with Gasteiger partial charge in [-0.05, 0) is 13.3 Å². The molecule has 0 aromatic heterocycles. The Morgan fingerprint density at radius 1 is 1.33 bits per heavy atom. The van der Waals surface area contributed by atoms with Crippen LogP contribution < -0.4 is 45.3 Å². The summed E-state index contributed by atoms with van der Waals surface area (Å²) in [6.45, 7) is 2.98. The number of nitrogens with one attached hydrogen (secondary N) is 2. The van der Waals surface area contributed by atoms with Gasteiger partial charge in [-0.1, -0.05) is 0 Å². The Hall–Kier alpha value is -0.580. The Balaban J connectivity index is 0.00000210. The van der Waals surface area contributed by atoms with E-state index in [4.69, 9.17) is 0 Å². The first-order valence-corrected chi connectivity index (χ1v) is 9.87. The van der Waals surface area contributed by atoms with Crippen LogP contribution in [0, 0.1) is 11.8 Å². The summed E-state index contributed by atoms with van der Waals surface area (Å²) in [5.41, 5.74) is -0.0249. The quantitative estimate of drug-likeness (QED) is 0.311. The summed E-state index contributed by atoms with van der Waals surface area (Å²) in [6.07, 6.45) is 1.05. The summed E-state index contributed by atoms with van der Waals surface area (Å²) in [7, 11) is 0. The molecule has 27 heavy (non-hydrogen) atoms. The minimum Gasteiger partial charge on any atom is -0.543 e. The molecule has 4 aliphatic heterocycles. The Bertz CT molecular complexity index is 700. The topological polar surface area (TPSA) is 122 Å². The number of carboxylic acid groups (broad SMARTS) is 1. The van der Waals surface area contributed by atoms with Crippen molar-refractivity contribution < 1.29 is 54.2 Å². The van der Waals surface area contributed by atoms with E-state index in [1.54, 1.807) is 6.92 Å². The maximum atomic E-state index is 12.2. The third-order valence-electron chi connectivity index (χ3n) is 5.89. The number of fused-ring (bicyclic) bond motifs is 1. The van der Waals surface area contributed by atoms with Crippen LogP contribution in [0.5, 0.6) is 0 Å². The van der Waals surface area contributed by atoms with Crippen LogP contribution in [0.2, 0.25) is 0 Å². The van der Waals surface area contributed by atoms with Gasteiger partial charge >= 0.3 is 29.6 Å². The molecule has 4 heterocycles. The predicted molar refractivity (Wildman–Crippen MR) is 91.4 cm³/mol. The summed E-state index contributed by atoms with van der Waals surface area (Å²) in [5, 5.41) is 27.9. The number of nitrogens with zero attached hydrogens (tertiary/aromatic N) is 1. The van der Waals surface area contributed by atoms with Gasteiger partial charge in [0, 0.05) is 48.0 Å². The minimum atomic E-state index is -1.33. The van der Waals surface area contributed by atoms with Crippen molar-refractivity contribution in [3.8, 4) is 0 Å². The van der Waals surface area contributed by atoms with Crippen molar-refractivity contribution >= 4 is 29.5 Å². The number of carbonyl (C=O) groups excluding carboxylic acids is 3. The molecular formula is C17H22N3NaO5S. The number of β-lactam (4-membered cyclic amide) rings is 1. The molecule has 1 unspecified atom stereocenters. The second-order valence-electron chi connectivity index (χ2n) is 7.56.